The molecule has 0 radical (unpaired) electrons. The van der Waals surface area contributed by atoms with E-state index in [1.54, 1.807) is 41.2 Å². The van der Waals surface area contributed by atoms with Crippen molar-refractivity contribution in [3.8, 4) is 34.2 Å². The predicted molar refractivity (Wildman–Crippen MR) is 71.8 cm³/mol. The molecule has 0 saturated heterocycles. The van der Waals surface area contributed by atoms with Gasteiger partial charge in [0.05, 0.1) is 11.9 Å². The van der Waals surface area contributed by atoms with Gasteiger partial charge in [0, 0.05) is 5.56 Å². The van der Waals surface area contributed by atoms with E-state index in [9.17, 15) is 15.3 Å². The van der Waals surface area contributed by atoms with Crippen LogP contribution in [0.3, 0.4) is 0 Å². The monoisotopic (exact) mass is 269 g/mol. The molecule has 0 amide bonds. The third kappa shape index (κ3) is 2.14. The Kier molecular flexibility index (Phi) is 2.76. The number of rotatable bonds is 2. The number of phenolic OH excluding ortho intramolecular Hbond substituents is 3. The summed E-state index contributed by atoms with van der Waals surface area (Å²) in [7, 11) is 0. The first-order valence-electron chi connectivity index (χ1n) is 5.87. The molecule has 0 aliphatic rings. The van der Waals surface area contributed by atoms with E-state index in [0.717, 1.165) is 5.69 Å². The molecule has 0 bridgehead atoms. The van der Waals surface area contributed by atoms with Crippen LogP contribution in [0.1, 0.15) is 0 Å². The van der Waals surface area contributed by atoms with E-state index in [0.29, 0.717) is 11.3 Å². The van der Waals surface area contributed by atoms with E-state index in [1.807, 2.05) is 0 Å². The second-order valence-corrected chi connectivity index (χ2v) is 4.27. The van der Waals surface area contributed by atoms with E-state index in [1.165, 1.54) is 12.1 Å². The fourth-order valence-corrected chi connectivity index (χ4v) is 1.81. The number of benzene rings is 2. The standard InChI is InChI=1S/C14H11N3O3/c18-11-4-2-10(3-5-11)17-8-12(15-16-17)9-1-6-13(19)14(20)7-9/h1-8,18-20H. The van der Waals surface area contributed by atoms with Crippen molar-refractivity contribution in [1.82, 2.24) is 15.0 Å². The zero-order chi connectivity index (χ0) is 14.1. The van der Waals surface area contributed by atoms with Gasteiger partial charge in [0.2, 0.25) is 0 Å². The molecule has 0 fully saturated rings. The minimum absolute atomic E-state index is 0.178. The molecule has 3 aromatic rings. The second kappa shape index (κ2) is 4.58. The Hall–Kier alpha value is -3.02. The number of phenols is 3. The molecule has 0 spiro atoms. The lowest BCUT2D eigenvalue weighted by Gasteiger charge is -2.00. The van der Waals surface area contributed by atoms with Crippen molar-refractivity contribution in [2.75, 3.05) is 0 Å². The summed E-state index contributed by atoms with van der Waals surface area (Å²) in [5.74, 6) is -0.209. The molecule has 6 nitrogen and oxygen atoms in total. The molecular formula is C14H11N3O3. The molecule has 6 heteroatoms. The van der Waals surface area contributed by atoms with Crippen LogP contribution >= 0.6 is 0 Å². The Bertz CT molecular complexity index is 751. The zero-order valence-corrected chi connectivity index (χ0v) is 10.3. The third-order valence-electron chi connectivity index (χ3n) is 2.88. The zero-order valence-electron chi connectivity index (χ0n) is 10.3. The highest BCUT2D eigenvalue weighted by Crippen LogP contribution is 2.29. The molecule has 2 aromatic carbocycles. The van der Waals surface area contributed by atoms with Crippen LogP contribution in [0.2, 0.25) is 0 Å². The molecule has 0 atom stereocenters. The van der Waals surface area contributed by atoms with Gasteiger partial charge in [-0.1, -0.05) is 5.21 Å². The Labute approximate surface area is 114 Å². The van der Waals surface area contributed by atoms with Crippen LogP contribution in [0.25, 0.3) is 16.9 Å². The summed E-state index contributed by atoms with van der Waals surface area (Å²) in [5.41, 5.74) is 1.96. The highest BCUT2D eigenvalue weighted by atomic mass is 16.3. The molecule has 3 N–H and O–H groups in total. The lowest BCUT2D eigenvalue weighted by molar-refractivity contribution is 0.404. The van der Waals surface area contributed by atoms with Gasteiger partial charge in [0.15, 0.2) is 11.5 Å². The van der Waals surface area contributed by atoms with Crippen LogP contribution in [0.4, 0.5) is 0 Å². The van der Waals surface area contributed by atoms with Crippen molar-refractivity contribution in [3.05, 3.63) is 48.7 Å². The highest BCUT2D eigenvalue weighted by Gasteiger charge is 2.08. The van der Waals surface area contributed by atoms with Crippen molar-refractivity contribution in [2.45, 2.75) is 0 Å². The van der Waals surface area contributed by atoms with Gasteiger partial charge < -0.3 is 15.3 Å². The summed E-state index contributed by atoms with van der Waals surface area (Å²) in [6.07, 6.45) is 1.69. The smallest absolute Gasteiger partial charge is 0.158 e. The fraction of sp³-hybridized carbons (Fsp3) is 0. The topological polar surface area (TPSA) is 91.4 Å². The van der Waals surface area contributed by atoms with Crippen molar-refractivity contribution >= 4 is 0 Å². The number of aromatic nitrogens is 3. The minimum atomic E-state index is -0.207. The van der Waals surface area contributed by atoms with Crippen LogP contribution in [-0.2, 0) is 0 Å². The summed E-state index contributed by atoms with van der Waals surface area (Å²) in [6.45, 7) is 0. The lowest BCUT2D eigenvalue weighted by Crippen LogP contribution is -1.93. The van der Waals surface area contributed by atoms with Gasteiger partial charge in [-0.05, 0) is 42.5 Å². The van der Waals surface area contributed by atoms with Gasteiger partial charge in [0.1, 0.15) is 11.4 Å². The molecule has 0 unspecified atom stereocenters. The molecule has 3 rings (SSSR count). The number of nitrogens with zero attached hydrogens (tertiary/aromatic N) is 3. The number of hydrogen-bond acceptors (Lipinski definition) is 5. The molecule has 1 aromatic heterocycles. The summed E-state index contributed by atoms with van der Waals surface area (Å²) >= 11 is 0. The van der Waals surface area contributed by atoms with E-state index in [2.05, 4.69) is 10.3 Å². The maximum Gasteiger partial charge on any atom is 0.158 e. The maximum atomic E-state index is 9.48. The highest BCUT2D eigenvalue weighted by molar-refractivity contribution is 5.62. The Morgan fingerprint density at radius 1 is 0.850 bits per heavy atom. The SMILES string of the molecule is Oc1ccc(-n2cc(-c3ccc(O)c(O)c3)nn2)cc1. The molecule has 0 aliphatic heterocycles. The Morgan fingerprint density at radius 2 is 1.60 bits per heavy atom. The molecule has 20 heavy (non-hydrogen) atoms. The predicted octanol–water partition coefficient (Wildman–Crippen LogP) is 2.05. The fourth-order valence-electron chi connectivity index (χ4n) is 1.81. The summed E-state index contributed by atoms with van der Waals surface area (Å²) in [6, 6.07) is 11.0. The Morgan fingerprint density at radius 3 is 2.30 bits per heavy atom. The van der Waals surface area contributed by atoms with Crippen LogP contribution in [0, 0.1) is 0 Å². The van der Waals surface area contributed by atoms with Crippen molar-refractivity contribution in [2.24, 2.45) is 0 Å². The summed E-state index contributed by atoms with van der Waals surface area (Å²) < 4.78 is 1.55. The summed E-state index contributed by atoms with van der Waals surface area (Å²) in [5, 5.41) is 36.0. The van der Waals surface area contributed by atoms with Crippen LogP contribution in [0.15, 0.2) is 48.7 Å². The van der Waals surface area contributed by atoms with E-state index in [4.69, 9.17) is 0 Å². The summed E-state index contributed by atoms with van der Waals surface area (Å²) in [4.78, 5) is 0. The van der Waals surface area contributed by atoms with Crippen LogP contribution in [0.5, 0.6) is 17.2 Å². The van der Waals surface area contributed by atoms with Gasteiger partial charge in [-0.25, -0.2) is 4.68 Å². The van der Waals surface area contributed by atoms with E-state index >= 15 is 0 Å². The Balaban J connectivity index is 1.97. The van der Waals surface area contributed by atoms with Crippen LogP contribution in [-0.4, -0.2) is 30.3 Å². The van der Waals surface area contributed by atoms with Gasteiger partial charge in [-0.3, -0.25) is 0 Å². The van der Waals surface area contributed by atoms with Crippen LogP contribution < -0.4 is 0 Å². The quantitative estimate of drug-likeness (QED) is 0.619. The van der Waals surface area contributed by atoms with E-state index < -0.39 is 0 Å². The van der Waals surface area contributed by atoms with Gasteiger partial charge in [0.25, 0.3) is 0 Å². The molecule has 1 heterocycles. The first-order chi connectivity index (χ1) is 9.63. The average molecular weight is 269 g/mol. The largest absolute Gasteiger partial charge is 0.508 e. The molecule has 0 aliphatic carbocycles. The molecule has 0 saturated carbocycles. The maximum absolute atomic E-state index is 9.48. The molecular weight excluding hydrogens is 258 g/mol. The van der Waals surface area contributed by atoms with Crippen molar-refractivity contribution < 1.29 is 15.3 Å². The normalized spacial score (nSPS) is 10.6. The first kappa shape index (κ1) is 12.0. The van der Waals surface area contributed by atoms with Crippen molar-refractivity contribution in [1.29, 1.82) is 0 Å². The number of aromatic hydroxyl groups is 3. The van der Waals surface area contributed by atoms with Gasteiger partial charge >= 0.3 is 0 Å². The minimum Gasteiger partial charge on any atom is -0.508 e. The average Bonchev–Trinajstić information content (AvgIpc) is 2.92. The third-order valence-corrected chi connectivity index (χ3v) is 2.88. The number of hydrogen-bond donors (Lipinski definition) is 3. The second-order valence-electron chi connectivity index (χ2n) is 4.27. The van der Waals surface area contributed by atoms with Gasteiger partial charge in [-0.2, -0.15) is 0 Å². The molecule has 100 valence electrons. The lowest BCUT2D eigenvalue weighted by atomic mass is 10.1. The van der Waals surface area contributed by atoms with Gasteiger partial charge in [-0.15, -0.1) is 5.10 Å². The van der Waals surface area contributed by atoms with E-state index in [-0.39, 0.29) is 17.2 Å². The first-order valence-corrected chi connectivity index (χ1v) is 5.87. The van der Waals surface area contributed by atoms with Crippen molar-refractivity contribution in [3.63, 3.8) is 0 Å².